The van der Waals surface area contributed by atoms with E-state index in [1.54, 1.807) is 4.90 Å². The lowest BCUT2D eigenvalue weighted by Crippen LogP contribution is -2.45. The number of likely N-dealkylation sites (tertiary alicyclic amines) is 1. The Kier molecular flexibility index (Phi) is 3.39. The smallest absolute Gasteiger partial charge is 0.311 e. The van der Waals surface area contributed by atoms with Crippen molar-refractivity contribution in [2.45, 2.75) is 19.6 Å². The number of hydrogen-bond donors (Lipinski definition) is 1. The Hall–Kier alpha value is -1.92. The number of aliphatic carboxylic acids is 1. The van der Waals surface area contributed by atoms with Crippen molar-refractivity contribution in [1.82, 2.24) is 4.90 Å². The third-order valence-electron chi connectivity index (χ3n) is 5.39. The second-order valence-electron chi connectivity index (χ2n) is 6.65. The maximum Gasteiger partial charge on any atom is 0.311 e. The molecule has 0 saturated carbocycles. The molecule has 0 aromatic heterocycles. The van der Waals surface area contributed by atoms with E-state index in [4.69, 9.17) is 9.47 Å². The van der Waals surface area contributed by atoms with Crippen LogP contribution in [0.2, 0.25) is 0 Å². The molecule has 3 aliphatic rings. The normalized spacial score (nSPS) is 29.2. The number of carbonyl (C=O) groups excluding carboxylic acids is 1. The molecule has 1 aromatic carbocycles. The SMILES string of the molecule is O=C(c1ccc2c(c1)COC2)N1C[C@H]2COCC[C@@]2(C(=O)O)C1. The highest BCUT2D eigenvalue weighted by Gasteiger charge is 2.54. The van der Waals surface area contributed by atoms with Crippen LogP contribution in [0.5, 0.6) is 0 Å². The third kappa shape index (κ3) is 2.24. The fourth-order valence-electron chi connectivity index (χ4n) is 3.94. The summed E-state index contributed by atoms with van der Waals surface area (Å²) in [5.41, 5.74) is 1.92. The number of carboxylic acids is 1. The summed E-state index contributed by atoms with van der Waals surface area (Å²) in [6, 6.07) is 5.60. The first-order chi connectivity index (χ1) is 11.1. The van der Waals surface area contributed by atoms with Crippen LogP contribution in [0.15, 0.2) is 18.2 Å². The summed E-state index contributed by atoms with van der Waals surface area (Å²) in [6.07, 6.45) is 0.467. The first-order valence-corrected chi connectivity index (χ1v) is 7.90. The Morgan fingerprint density at radius 3 is 2.83 bits per heavy atom. The minimum atomic E-state index is -0.853. The van der Waals surface area contributed by atoms with Gasteiger partial charge in [-0.15, -0.1) is 0 Å². The van der Waals surface area contributed by atoms with Crippen LogP contribution >= 0.6 is 0 Å². The monoisotopic (exact) mass is 317 g/mol. The zero-order valence-corrected chi connectivity index (χ0v) is 12.8. The van der Waals surface area contributed by atoms with Gasteiger partial charge in [-0.25, -0.2) is 0 Å². The van der Waals surface area contributed by atoms with Gasteiger partial charge >= 0.3 is 5.97 Å². The van der Waals surface area contributed by atoms with E-state index >= 15 is 0 Å². The van der Waals surface area contributed by atoms with Crippen LogP contribution in [0.1, 0.15) is 27.9 Å². The number of carbonyl (C=O) groups is 2. The van der Waals surface area contributed by atoms with E-state index in [-0.39, 0.29) is 18.4 Å². The van der Waals surface area contributed by atoms with Crippen LogP contribution < -0.4 is 0 Å². The van der Waals surface area contributed by atoms with E-state index in [2.05, 4.69) is 0 Å². The first kappa shape index (κ1) is 14.7. The molecule has 6 nitrogen and oxygen atoms in total. The number of benzene rings is 1. The van der Waals surface area contributed by atoms with Crippen molar-refractivity contribution in [2.75, 3.05) is 26.3 Å². The Morgan fingerprint density at radius 1 is 1.22 bits per heavy atom. The summed E-state index contributed by atoms with van der Waals surface area (Å²) in [5, 5.41) is 9.69. The molecule has 6 heteroatoms. The van der Waals surface area contributed by atoms with Gasteiger partial charge in [0.1, 0.15) is 0 Å². The van der Waals surface area contributed by atoms with Crippen molar-refractivity contribution in [3.05, 3.63) is 34.9 Å². The van der Waals surface area contributed by atoms with Crippen LogP contribution in [-0.4, -0.2) is 48.2 Å². The van der Waals surface area contributed by atoms with Crippen molar-refractivity contribution in [3.8, 4) is 0 Å². The molecule has 4 rings (SSSR count). The Morgan fingerprint density at radius 2 is 2.04 bits per heavy atom. The maximum absolute atomic E-state index is 12.8. The predicted molar refractivity (Wildman–Crippen MR) is 79.8 cm³/mol. The standard InChI is InChI=1S/C17H19NO5/c19-15(11-1-2-12-7-23-8-13(12)5-11)18-6-14-9-22-4-3-17(14,10-18)16(20)21/h1-2,5,14H,3-4,6-10H2,(H,20,21)/t14-,17+/m0/s1. The zero-order chi connectivity index (χ0) is 16.0. The van der Waals surface area contributed by atoms with Crippen molar-refractivity contribution in [3.63, 3.8) is 0 Å². The summed E-state index contributed by atoms with van der Waals surface area (Å²) in [5.74, 6) is -1.05. The highest BCUT2D eigenvalue weighted by atomic mass is 16.5. The van der Waals surface area contributed by atoms with E-state index in [1.165, 1.54) is 0 Å². The van der Waals surface area contributed by atoms with Crippen molar-refractivity contribution >= 4 is 11.9 Å². The molecule has 1 aromatic rings. The maximum atomic E-state index is 12.8. The second kappa shape index (κ2) is 5.32. The Balaban J connectivity index is 1.59. The van der Waals surface area contributed by atoms with E-state index in [0.29, 0.717) is 45.0 Å². The van der Waals surface area contributed by atoms with Crippen LogP contribution in [-0.2, 0) is 27.5 Å². The molecule has 3 heterocycles. The molecule has 23 heavy (non-hydrogen) atoms. The lowest BCUT2D eigenvalue weighted by molar-refractivity contribution is -0.157. The molecule has 2 atom stereocenters. The molecule has 3 aliphatic heterocycles. The van der Waals surface area contributed by atoms with Crippen LogP contribution in [0, 0.1) is 11.3 Å². The number of rotatable bonds is 2. The molecule has 0 unspecified atom stereocenters. The Labute approximate surface area is 134 Å². The van der Waals surface area contributed by atoms with Crippen molar-refractivity contribution in [1.29, 1.82) is 0 Å². The average molecular weight is 317 g/mol. The number of hydrogen-bond acceptors (Lipinski definition) is 4. The number of amides is 1. The fourth-order valence-corrected chi connectivity index (χ4v) is 3.94. The average Bonchev–Trinajstić information content (AvgIpc) is 3.18. The zero-order valence-electron chi connectivity index (χ0n) is 12.8. The molecule has 122 valence electrons. The summed E-state index contributed by atoms with van der Waals surface area (Å²) in [6.45, 7) is 2.69. The van der Waals surface area contributed by atoms with Crippen LogP contribution in [0.3, 0.4) is 0 Å². The van der Waals surface area contributed by atoms with Gasteiger partial charge in [0.2, 0.25) is 0 Å². The van der Waals surface area contributed by atoms with E-state index in [0.717, 1.165) is 11.1 Å². The molecule has 2 saturated heterocycles. The van der Waals surface area contributed by atoms with Gasteiger partial charge in [0.25, 0.3) is 5.91 Å². The van der Waals surface area contributed by atoms with Crippen LogP contribution in [0.4, 0.5) is 0 Å². The Bertz CT molecular complexity index is 673. The molecular formula is C17H19NO5. The fraction of sp³-hybridized carbons (Fsp3) is 0.529. The summed E-state index contributed by atoms with van der Waals surface area (Å²) < 4.78 is 10.8. The van der Waals surface area contributed by atoms with E-state index in [9.17, 15) is 14.7 Å². The number of carboxylic acid groups (broad SMARTS) is 1. The van der Waals surface area contributed by atoms with Gasteiger partial charge in [-0.3, -0.25) is 9.59 Å². The van der Waals surface area contributed by atoms with E-state index < -0.39 is 11.4 Å². The first-order valence-electron chi connectivity index (χ1n) is 7.90. The highest BCUT2D eigenvalue weighted by molar-refractivity contribution is 5.95. The molecule has 1 N–H and O–H groups in total. The molecule has 1 amide bonds. The van der Waals surface area contributed by atoms with Gasteiger partial charge in [0.05, 0.1) is 25.2 Å². The minimum Gasteiger partial charge on any atom is -0.481 e. The number of ether oxygens (including phenoxy) is 2. The minimum absolute atomic E-state index is 0.102. The molecule has 0 radical (unpaired) electrons. The molecule has 0 bridgehead atoms. The largest absolute Gasteiger partial charge is 0.481 e. The van der Waals surface area contributed by atoms with Crippen molar-refractivity contribution < 1.29 is 24.2 Å². The molecule has 0 aliphatic carbocycles. The molecule has 0 spiro atoms. The number of fused-ring (bicyclic) bond motifs is 2. The van der Waals surface area contributed by atoms with Gasteiger partial charge in [0.15, 0.2) is 0 Å². The predicted octanol–water partition coefficient (Wildman–Crippen LogP) is 1.28. The van der Waals surface area contributed by atoms with Crippen LogP contribution in [0.25, 0.3) is 0 Å². The molecule has 2 fully saturated rings. The second-order valence-corrected chi connectivity index (χ2v) is 6.65. The third-order valence-corrected chi connectivity index (χ3v) is 5.39. The highest BCUT2D eigenvalue weighted by Crippen LogP contribution is 2.42. The summed E-state index contributed by atoms with van der Waals surface area (Å²) in [7, 11) is 0. The van der Waals surface area contributed by atoms with Crippen molar-refractivity contribution in [2.24, 2.45) is 11.3 Å². The summed E-state index contributed by atoms with van der Waals surface area (Å²) in [4.78, 5) is 26.3. The molecular weight excluding hydrogens is 298 g/mol. The van der Waals surface area contributed by atoms with Gasteiger partial charge in [-0.05, 0) is 29.7 Å². The van der Waals surface area contributed by atoms with Gasteiger partial charge in [-0.1, -0.05) is 6.07 Å². The topological polar surface area (TPSA) is 76.1 Å². The number of nitrogens with zero attached hydrogens (tertiary/aromatic N) is 1. The van der Waals surface area contributed by atoms with Gasteiger partial charge in [-0.2, -0.15) is 0 Å². The lowest BCUT2D eigenvalue weighted by Gasteiger charge is -2.33. The quantitative estimate of drug-likeness (QED) is 0.889. The van der Waals surface area contributed by atoms with E-state index in [1.807, 2.05) is 18.2 Å². The van der Waals surface area contributed by atoms with Gasteiger partial charge in [0, 0.05) is 31.2 Å². The van der Waals surface area contributed by atoms with Gasteiger partial charge < -0.3 is 19.5 Å². The summed E-state index contributed by atoms with van der Waals surface area (Å²) >= 11 is 0. The lowest BCUT2D eigenvalue weighted by atomic mass is 9.74.